The Morgan fingerprint density at radius 3 is 2.69 bits per heavy atom. The first-order valence-corrected chi connectivity index (χ1v) is 4.17. The number of ketones is 1. The highest BCUT2D eigenvalue weighted by atomic mass is 35.5. The summed E-state index contributed by atoms with van der Waals surface area (Å²) in [5.74, 6) is -0.117. The van der Waals surface area contributed by atoms with Gasteiger partial charge in [-0.05, 0) is 11.6 Å². The number of rotatable bonds is 0. The van der Waals surface area contributed by atoms with E-state index >= 15 is 0 Å². The van der Waals surface area contributed by atoms with Crippen molar-refractivity contribution in [1.29, 1.82) is 0 Å². The minimum Gasteiger partial charge on any atom is -0.287 e. The topological polar surface area (TPSA) is 29.4 Å². The average Bonchev–Trinajstić information content (AvgIpc) is 2.19. The smallest absolute Gasteiger partial charge is 0.213 e. The van der Waals surface area contributed by atoms with E-state index in [0.29, 0.717) is 11.3 Å². The number of fused-ring (bicyclic) bond motifs is 1. The number of carbonyl (C=O) groups excluding carboxylic acids is 1. The highest BCUT2D eigenvalue weighted by Gasteiger charge is 2.17. The minimum absolute atomic E-state index is 0.117. The van der Waals surface area contributed by atoms with Crippen molar-refractivity contribution in [2.75, 3.05) is 0 Å². The summed E-state index contributed by atoms with van der Waals surface area (Å²) in [5.41, 5.74) is 1.86. The second kappa shape index (κ2) is 3.15. The van der Waals surface area contributed by atoms with Crippen LogP contribution in [0.5, 0.6) is 0 Å². The number of Topliss-reactive ketones (excluding diaryl/α,β-unsaturated/α-hetero) is 1. The maximum Gasteiger partial charge on any atom is 0.213 e. The fourth-order valence-corrected chi connectivity index (χ4v) is 1.43. The molecule has 0 amide bonds. The monoisotopic (exact) mass is 191 g/mol. The molecule has 0 fully saturated rings. The Bertz CT molecular complexity index is 421. The molecule has 0 unspecified atom stereocenters. The third-order valence-corrected chi connectivity index (χ3v) is 2.13. The van der Waals surface area contributed by atoms with Gasteiger partial charge in [0, 0.05) is 17.3 Å². The van der Waals surface area contributed by atoms with Crippen molar-refractivity contribution < 1.29 is 4.79 Å². The van der Waals surface area contributed by atoms with E-state index in [1.807, 2.05) is 24.3 Å². The van der Waals surface area contributed by atoms with Gasteiger partial charge in [0.15, 0.2) is 0 Å². The van der Waals surface area contributed by atoms with E-state index in [-0.39, 0.29) is 5.78 Å². The van der Waals surface area contributed by atoms with Crippen LogP contribution in [0, 0.1) is 0 Å². The van der Waals surface area contributed by atoms with Crippen LogP contribution in [0.15, 0.2) is 34.9 Å². The number of nitrogens with zero attached hydrogens (tertiary/aromatic N) is 1. The lowest BCUT2D eigenvalue weighted by Crippen LogP contribution is -2.15. The highest BCUT2D eigenvalue weighted by Crippen LogP contribution is 2.17. The molecular formula is C10H6ClNO. The van der Waals surface area contributed by atoms with Crippen molar-refractivity contribution in [2.45, 2.75) is 0 Å². The van der Waals surface area contributed by atoms with Gasteiger partial charge >= 0.3 is 0 Å². The van der Waals surface area contributed by atoms with Crippen LogP contribution >= 0.6 is 11.8 Å². The molecule has 0 bridgehead atoms. The summed E-state index contributed by atoms with van der Waals surface area (Å²) >= 11 is 5.26. The largest absolute Gasteiger partial charge is 0.287 e. The summed E-state index contributed by atoms with van der Waals surface area (Å²) in [7, 11) is 0. The molecule has 0 aliphatic heterocycles. The molecule has 1 aliphatic carbocycles. The van der Waals surface area contributed by atoms with Gasteiger partial charge < -0.3 is 0 Å². The Morgan fingerprint density at radius 2 is 1.92 bits per heavy atom. The van der Waals surface area contributed by atoms with Crippen LogP contribution in [-0.4, -0.2) is 11.5 Å². The number of hydrogen-bond acceptors (Lipinski definition) is 2. The summed E-state index contributed by atoms with van der Waals surface area (Å²) in [6.45, 7) is 0. The summed E-state index contributed by atoms with van der Waals surface area (Å²) in [6.07, 6.45) is 3.45. The lowest BCUT2D eigenvalue weighted by Gasteiger charge is -2.08. The molecule has 0 spiro atoms. The van der Waals surface area contributed by atoms with E-state index in [9.17, 15) is 4.79 Å². The molecule has 64 valence electrons. The first-order valence-electron chi connectivity index (χ1n) is 3.83. The van der Waals surface area contributed by atoms with Gasteiger partial charge in [-0.15, -0.1) is 0 Å². The van der Waals surface area contributed by atoms with Crippen LogP contribution < -0.4 is 0 Å². The van der Waals surface area contributed by atoms with Gasteiger partial charge in [-0.2, -0.15) is 4.51 Å². The molecule has 1 aromatic carbocycles. The van der Waals surface area contributed by atoms with Crippen LogP contribution in [-0.2, 0) is 0 Å². The number of carbonyl (C=O) groups is 1. The summed E-state index contributed by atoms with van der Waals surface area (Å²) < 4.78 is 3.38. The molecule has 1 aromatic rings. The van der Waals surface area contributed by atoms with Gasteiger partial charge in [-0.25, -0.2) is 0 Å². The molecule has 2 nitrogen and oxygen atoms in total. The van der Waals surface area contributed by atoms with Gasteiger partial charge in [0.2, 0.25) is 5.78 Å². The Balaban J connectivity index is 2.61. The highest BCUT2D eigenvalue weighted by molar-refractivity contribution is 6.54. The van der Waals surface area contributed by atoms with Gasteiger partial charge in [-0.1, -0.05) is 30.3 Å². The second-order valence-electron chi connectivity index (χ2n) is 2.72. The standard InChI is InChI=1S/C10H6ClNO/c11-12-9-6-5-7-3-1-2-4-8(7)10(9)13/h1-6H. The minimum atomic E-state index is -0.117. The number of hydrogen-bond donors (Lipinski definition) is 0. The van der Waals surface area contributed by atoms with Crippen molar-refractivity contribution >= 4 is 29.3 Å². The molecule has 2 rings (SSSR count). The first kappa shape index (κ1) is 8.20. The van der Waals surface area contributed by atoms with Crippen LogP contribution in [0.2, 0.25) is 0 Å². The van der Waals surface area contributed by atoms with E-state index < -0.39 is 0 Å². The van der Waals surface area contributed by atoms with E-state index in [2.05, 4.69) is 4.51 Å². The quantitative estimate of drug-likeness (QED) is 0.620. The second-order valence-corrected chi connectivity index (χ2v) is 2.89. The van der Waals surface area contributed by atoms with Crippen LogP contribution in [0.1, 0.15) is 15.9 Å². The lowest BCUT2D eigenvalue weighted by atomic mass is 9.95. The molecule has 0 atom stereocenters. The Morgan fingerprint density at radius 1 is 1.15 bits per heavy atom. The molecular weight excluding hydrogens is 186 g/mol. The number of halogens is 1. The summed E-state index contributed by atoms with van der Waals surface area (Å²) in [4.78, 5) is 11.6. The molecule has 0 saturated carbocycles. The average molecular weight is 192 g/mol. The molecule has 1 aliphatic rings. The maximum absolute atomic E-state index is 11.6. The van der Waals surface area contributed by atoms with Crippen molar-refractivity contribution in [2.24, 2.45) is 4.51 Å². The Labute approximate surface area is 80.7 Å². The van der Waals surface area contributed by atoms with Crippen LogP contribution in [0.25, 0.3) is 6.08 Å². The fraction of sp³-hybridized carbons (Fsp3) is 0. The Hall–Kier alpha value is -1.41. The van der Waals surface area contributed by atoms with E-state index in [1.54, 1.807) is 12.1 Å². The van der Waals surface area contributed by atoms with Crippen LogP contribution in [0.4, 0.5) is 0 Å². The van der Waals surface area contributed by atoms with E-state index in [4.69, 9.17) is 11.8 Å². The van der Waals surface area contributed by atoms with Crippen molar-refractivity contribution in [3.8, 4) is 0 Å². The number of benzene rings is 1. The van der Waals surface area contributed by atoms with E-state index in [1.165, 1.54) is 0 Å². The fourth-order valence-electron chi connectivity index (χ4n) is 1.30. The molecule has 13 heavy (non-hydrogen) atoms. The van der Waals surface area contributed by atoms with Crippen molar-refractivity contribution in [3.63, 3.8) is 0 Å². The summed E-state index contributed by atoms with van der Waals surface area (Å²) in [6, 6.07) is 7.36. The van der Waals surface area contributed by atoms with E-state index in [0.717, 1.165) is 5.56 Å². The molecule has 0 aromatic heterocycles. The van der Waals surface area contributed by atoms with Crippen molar-refractivity contribution in [3.05, 3.63) is 41.5 Å². The lowest BCUT2D eigenvalue weighted by molar-refractivity contribution is 0.106. The molecule has 0 heterocycles. The SMILES string of the molecule is O=C1C(=NCl)C=Cc2ccccc21. The van der Waals surface area contributed by atoms with Gasteiger partial charge in [0.1, 0.15) is 5.71 Å². The van der Waals surface area contributed by atoms with Gasteiger partial charge in [0.25, 0.3) is 0 Å². The Kier molecular flexibility index (Phi) is 1.99. The van der Waals surface area contributed by atoms with Crippen molar-refractivity contribution in [1.82, 2.24) is 0 Å². The third kappa shape index (κ3) is 1.29. The third-order valence-electron chi connectivity index (χ3n) is 1.95. The molecule has 3 heteroatoms. The zero-order valence-electron chi connectivity index (χ0n) is 6.70. The molecule has 0 radical (unpaired) electrons. The number of allylic oxidation sites excluding steroid dienone is 1. The predicted molar refractivity (Wildman–Crippen MR) is 53.1 cm³/mol. The molecule has 0 saturated heterocycles. The molecule has 0 N–H and O–H groups in total. The first-order chi connectivity index (χ1) is 6.33. The maximum atomic E-state index is 11.6. The predicted octanol–water partition coefficient (Wildman–Crippen LogP) is 2.49. The van der Waals surface area contributed by atoms with Gasteiger partial charge in [0.05, 0.1) is 0 Å². The summed E-state index contributed by atoms with van der Waals surface area (Å²) in [5, 5.41) is 0. The normalized spacial score (nSPS) is 17.6. The van der Waals surface area contributed by atoms with Gasteiger partial charge in [-0.3, -0.25) is 4.79 Å². The zero-order chi connectivity index (χ0) is 9.26. The van der Waals surface area contributed by atoms with Crippen LogP contribution in [0.3, 0.4) is 0 Å². The zero-order valence-corrected chi connectivity index (χ0v) is 7.45.